The van der Waals surface area contributed by atoms with Crippen LogP contribution in [0.1, 0.15) is 30.0 Å². The number of amides is 1. The van der Waals surface area contributed by atoms with Gasteiger partial charge in [0.25, 0.3) is 11.8 Å². The Morgan fingerprint density at radius 3 is 2.55 bits per heavy atom. The topological polar surface area (TPSA) is 124 Å². The van der Waals surface area contributed by atoms with E-state index < -0.39 is 53.4 Å². The summed E-state index contributed by atoms with van der Waals surface area (Å²) < 4.78 is 41.6. The maximum absolute atomic E-state index is 15.4. The van der Waals surface area contributed by atoms with E-state index in [1.165, 1.54) is 6.92 Å². The molecule has 2 aromatic carbocycles. The molecule has 1 heterocycles. The molecule has 0 bridgehead atoms. The Labute approximate surface area is 218 Å². The molecule has 3 rings (SSSR count). The number of hydrogen-bond acceptors (Lipinski definition) is 6. The summed E-state index contributed by atoms with van der Waals surface area (Å²) in [4.78, 5) is 27.4. The second-order valence-corrected chi connectivity index (χ2v) is 8.38. The quantitative estimate of drug-likeness (QED) is 0.323. The number of aryl methyl sites for hydroxylation is 1. The number of nitrogens with one attached hydrogen (secondary N) is 1. The van der Waals surface area contributed by atoms with Crippen molar-refractivity contribution in [2.75, 3.05) is 6.54 Å². The number of hydrogen-bond donors (Lipinski definition) is 3. The predicted molar refractivity (Wildman–Crippen MR) is 137 cm³/mol. The average Bonchev–Trinajstić information content (AvgIpc) is 2.90. The van der Waals surface area contributed by atoms with Crippen LogP contribution in [0.4, 0.5) is 8.78 Å². The first-order valence-corrected chi connectivity index (χ1v) is 11.7. The van der Waals surface area contributed by atoms with Gasteiger partial charge >= 0.3 is 5.97 Å². The smallest absolute Gasteiger partial charge is 0.344 e. The van der Waals surface area contributed by atoms with Crippen molar-refractivity contribution in [3.8, 4) is 41.0 Å². The fourth-order valence-electron chi connectivity index (χ4n) is 3.62. The number of halogens is 2. The van der Waals surface area contributed by atoms with E-state index in [0.29, 0.717) is 6.54 Å². The lowest BCUT2D eigenvalue weighted by Crippen LogP contribution is -2.28. The fourth-order valence-corrected chi connectivity index (χ4v) is 3.62. The molecule has 0 saturated heterocycles. The Morgan fingerprint density at radius 1 is 1.16 bits per heavy atom. The van der Waals surface area contributed by atoms with Crippen molar-refractivity contribution in [3.63, 3.8) is 0 Å². The van der Waals surface area contributed by atoms with Gasteiger partial charge in [-0.25, -0.2) is 13.6 Å². The number of carbonyl (C=O) groups is 2. The normalized spacial score (nSPS) is 11.4. The van der Waals surface area contributed by atoms with Gasteiger partial charge in [-0.1, -0.05) is 37.1 Å². The monoisotopic (exact) mass is 523 g/mol. The highest BCUT2D eigenvalue weighted by Crippen LogP contribution is 2.34. The zero-order valence-corrected chi connectivity index (χ0v) is 20.9. The molecule has 0 saturated carbocycles. The van der Waals surface area contributed by atoms with Crippen LogP contribution in [0, 0.1) is 30.9 Å². The van der Waals surface area contributed by atoms with Crippen LogP contribution in [0.25, 0.3) is 11.1 Å². The summed E-state index contributed by atoms with van der Waals surface area (Å²) in [7, 11) is 0. The second kappa shape index (κ2) is 12.7. The van der Waals surface area contributed by atoms with E-state index in [1.54, 1.807) is 12.1 Å². The van der Waals surface area contributed by atoms with Gasteiger partial charge in [0.2, 0.25) is 5.91 Å². The minimum atomic E-state index is -1.46. The minimum Gasteiger partial charge on any atom is -0.479 e. The summed E-state index contributed by atoms with van der Waals surface area (Å²) in [6.07, 6.45) is 2.89. The van der Waals surface area contributed by atoms with E-state index >= 15 is 8.78 Å². The molecule has 10 heteroatoms. The van der Waals surface area contributed by atoms with Crippen LogP contribution in [0.2, 0.25) is 0 Å². The molecule has 38 heavy (non-hydrogen) atoms. The van der Waals surface area contributed by atoms with E-state index in [2.05, 4.69) is 16.2 Å². The maximum Gasteiger partial charge on any atom is 0.344 e. The Morgan fingerprint density at radius 2 is 1.89 bits per heavy atom. The van der Waals surface area contributed by atoms with Gasteiger partial charge in [0.1, 0.15) is 5.75 Å². The number of nitrogens with zero attached hydrogens (tertiary/aromatic N) is 1. The molecule has 0 radical (unpaired) electrons. The number of aliphatic carboxylic acids is 1. The molecule has 0 aliphatic rings. The molecule has 0 spiro atoms. The molecule has 1 aromatic heterocycles. The van der Waals surface area contributed by atoms with Gasteiger partial charge in [-0.05, 0) is 53.8 Å². The number of pyridine rings is 1. The van der Waals surface area contributed by atoms with Crippen molar-refractivity contribution in [1.29, 1.82) is 0 Å². The van der Waals surface area contributed by atoms with Gasteiger partial charge < -0.3 is 25.6 Å². The van der Waals surface area contributed by atoms with E-state index in [1.807, 2.05) is 37.3 Å². The Kier molecular flexibility index (Phi) is 9.35. The zero-order valence-electron chi connectivity index (χ0n) is 20.9. The Bertz CT molecular complexity index is 1390. The average molecular weight is 524 g/mol. The molecule has 1 atom stereocenters. The summed E-state index contributed by atoms with van der Waals surface area (Å²) in [5, 5.41) is 11.7. The van der Waals surface area contributed by atoms with Gasteiger partial charge in [-0.2, -0.15) is 4.98 Å². The number of carboxylic acids is 1. The third kappa shape index (κ3) is 6.83. The van der Waals surface area contributed by atoms with Crippen LogP contribution in [0.15, 0.2) is 42.5 Å². The van der Waals surface area contributed by atoms with Gasteiger partial charge in [0.15, 0.2) is 17.7 Å². The number of aromatic nitrogens is 1. The molecule has 0 aliphatic heterocycles. The maximum atomic E-state index is 15.4. The number of ether oxygens (including phenoxy) is 2. The summed E-state index contributed by atoms with van der Waals surface area (Å²) in [6, 6.07) is 12.7. The molecular weight excluding hydrogens is 496 g/mol. The standard InChI is InChI=1S/C28H27F2N3O5/c1-4-9-32-23(34)14-21-24(29)26(33-27(25(21)30)38-22(5-2)28(35)36)37-20-11-16(3)10-19(13-20)18-8-6-7-17(12-18)15-31/h1,6-8,10-13,22H,5,9,14-15,31H2,2-3H3,(H,32,34)(H,35,36)/t22-/m1/s1. The third-order valence-electron chi connectivity index (χ3n) is 5.49. The van der Waals surface area contributed by atoms with Crippen molar-refractivity contribution < 1.29 is 33.0 Å². The van der Waals surface area contributed by atoms with E-state index in [9.17, 15) is 14.7 Å². The predicted octanol–water partition coefficient (Wildman–Crippen LogP) is 4.12. The first-order valence-electron chi connectivity index (χ1n) is 11.7. The molecule has 3 aromatic rings. The molecular formula is C28H27F2N3O5. The summed E-state index contributed by atoms with van der Waals surface area (Å²) in [6.45, 7) is 3.53. The minimum absolute atomic E-state index is 0.0227. The zero-order chi connectivity index (χ0) is 27.8. The summed E-state index contributed by atoms with van der Waals surface area (Å²) in [5.74, 6) is -3.79. The van der Waals surface area contributed by atoms with Crippen molar-refractivity contribution in [1.82, 2.24) is 10.3 Å². The summed E-state index contributed by atoms with van der Waals surface area (Å²) in [5.41, 5.74) is 8.33. The van der Waals surface area contributed by atoms with Crippen molar-refractivity contribution >= 4 is 11.9 Å². The van der Waals surface area contributed by atoms with Gasteiger partial charge in [0.05, 0.1) is 13.0 Å². The van der Waals surface area contributed by atoms with E-state index in [4.69, 9.17) is 21.6 Å². The highest BCUT2D eigenvalue weighted by Gasteiger charge is 2.28. The highest BCUT2D eigenvalue weighted by molar-refractivity contribution is 5.79. The largest absolute Gasteiger partial charge is 0.479 e. The van der Waals surface area contributed by atoms with E-state index in [-0.39, 0.29) is 18.7 Å². The lowest BCUT2D eigenvalue weighted by atomic mass is 10.0. The van der Waals surface area contributed by atoms with Crippen molar-refractivity contribution in [2.24, 2.45) is 5.73 Å². The van der Waals surface area contributed by atoms with Crippen molar-refractivity contribution in [3.05, 3.63) is 70.8 Å². The number of carboxylic acid groups (broad SMARTS) is 1. The number of rotatable bonds is 11. The number of benzene rings is 2. The Balaban J connectivity index is 2.06. The molecule has 4 N–H and O–H groups in total. The Hall–Kier alpha value is -4.49. The van der Waals surface area contributed by atoms with Gasteiger partial charge in [-0.3, -0.25) is 4.79 Å². The molecule has 8 nitrogen and oxygen atoms in total. The molecule has 1 amide bonds. The van der Waals surface area contributed by atoms with Crippen LogP contribution in [0.3, 0.4) is 0 Å². The first kappa shape index (κ1) is 28.1. The van der Waals surface area contributed by atoms with Crippen LogP contribution in [0.5, 0.6) is 17.5 Å². The number of carbonyl (C=O) groups excluding carboxylic acids is 1. The van der Waals surface area contributed by atoms with Crippen LogP contribution in [-0.4, -0.2) is 34.6 Å². The second-order valence-electron chi connectivity index (χ2n) is 8.38. The van der Waals surface area contributed by atoms with Gasteiger partial charge in [0, 0.05) is 12.1 Å². The number of terminal acetylenes is 1. The van der Waals surface area contributed by atoms with E-state index in [0.717, 1.165) is 22.3 Å². The third-order valence-corrected chi connectivity index (χ3v) is 5.49. The first-order chi connectivity index (χ1) is 18.2. The fraction of sp³-hybridized carbons (Fsp3) is 0.250. The molecule has 0 aliphatic carbocycles. The van der Waals surface area contributed by atoms with Gasteiger partial charge in [-0.15, -0.1) is 6.42 Å². The van der Waals surface area contributed by atoms with Crippen LogP contribution in [-0.2, 0) is 22.6 Å². The van der Waals surface area contributed by atoms with Crippen molar-refractivity contribution in [2.45, 2.75) is 39.3 Å². The SMILES string of the molecule is C#CCNC(=O)Cc1c(F)c(Oc2cc(C)cc(-c3cccc(CN)c3)c2)nc(O[C@H](CC)C(=O)O)c1F. The lowest BCUT2D eigenvalue weighted by Gasteiger charge is -2.17. The van der Waals surface area contributed by atoms with Crippen LogP contribution >= 0.6 is 0 Å². The molecule has 0 unspecified atom stereocenters. The van der Waals surface area contributed by atoms with Crippen LogP contribution < -0.4 is 20.5 Å². The molecule has 0 fully saturated rings. The number of nitrogens with two attached hydrogens (primary N) is 1. The highest BCUT2D eigenvalue weighted by atomic mass is 19.1. The lowest BCUT2D eigenvalue weighted by molar-refractivity contribution is -0.145. The molecule has 198 valence electrons. The summed E-state index contributed by atoms with van der Waals surface area (Å²) >= 11 is 0.